The van der Waals surface area contributed by atoms with Crippen LogP contribution in [-0.2, 0) is 11.8 Å². The largest absolute Gasteiger partial charge is 0.337 e. The van der Waals surface area contributed by atoms with E-state index in [1.165, 1.54) is 6.20 Å². The molecule has 1 unspecified atom stereocenters. The molecule has 1 aliphatic rings. The smallest absolute Gasteiger partial charge is 0.239 e. The second-order valence-corrected chi connectivity index (χ2v) is 5.93. The van der Waals surface area contributed by atoms with Crippen LogP contribution in [0.5, 0.6) is 0 Å². The molecule has 0 radical (unpaired) electrons. The van der Waals surface area contributed by atoms with E-state index < -0.39 is 0 Å². The first-order chi connectivity index (χ1) is 11.1. The van der Waals surface area contributed by atoms with E-state index in [1.807, 2.05) is 17.8 Å². The molecule has 122 valence electrons. The fourth-order valence-electron chi connectivity index (χ4n) is 2.71. The van der Waals surface area contributed by atoms with Gasteiger partial charge < -0.3 is 15.2 Å². The molecule has 0 spiro atoms. The topological polar surface area (TPSA) is 75.1 Å². The Kier molecular flexibility index (Phi) is 4.90. The van der Waals surface area contributed by atoms with Gasteiger partial charge in [-0.1, -0.05) is 11.6 Å². The third-order valence-electron chi connectivity index (χ3n) is 3.85. The fraction of sp³-hybridized carbons (Fsp3) is 0.400. The number of carbonyl (C=O) groups is 1. The Hall–Kier alpha value is -1.96. The van der Waals surface area contributed by atoms with E-state index in [4.69, 9.17) is 11.6 Å². The van der Waals surface area contributed by atoms with Crippen LogP contribution in [0.25, 0.3) is 0 Å². The molecule has 0 aromatic carbocycles. The highest BCUT2D eigenvalue weighted by Gasteiger charge is 2.28. The Labute approximate surface area is 139 Å². The zero-order chi connectivity index (χ0) is 16.2. The van der Waals surface area contributed by atoms with Gasteiger partial charge in [0.25, 0.3) is 0 Å². The Bertz CT molecular complexity index is 671. The number of rotatable bonds is 4. The van der Waals surface area contributed by atoms with E-state index in [2.05, 4.69) is 25.5 Å². The lowest BCUT2D eigenvalue weighted by atomic mass is 10.1. The first kappa shape index (κ1) is 15.9. The van der Waals surface area contributed by atoms with Gasteiger partial charge in [0.1, 0.15) is 11.6 Å². The summed E-state index contributed by atoms with van der Waals surface area (Å²) in [5, 5.41) is 6.70. The average Bonchev–Trinajstić information content (AvgIpc) is 2.96. The van der Waals surface area contributed by atoms with Crippen molar-refractivity contribution in [2.24, 2.45) is 7.05 Å². The van der Waals surface area contributed by atoms with Crippen molar-refractivity contribution in [3.63, 3.8) is 0 Å². The molecule has 1 atom stereocenters. The number of piperazine rings is 1. The molecule has 2 aromatic rings. The van der Waals surface area contributed by atoms with E-state index >= 15 is 0 Å². The van der Waals surface area contributed by atoms with Gasteiger partial charge in [-0.25, -0.2) is 9.97 Å². The second-order valence-electron chi connectivity index (χ2n) is 5.50. The van der Waals surface area contributed by atoms with Crippen LogP contribution in [0.1, 0.15) is 11.9 Å². The van der Waals surface area contributed by atoms with Crippen molar-refractivity contribution < 1.29 is 4.79 Å². The van der Waals surface area contributed by atoms with E-state index in [0.717, 1.165) is 25.5 Å². The summed E-state index contributed by atoms with van der Waals surface area (Å²) < 4.78 is 1.99. The number of aromatic nitrogens is 3. The van der Waals surface area contributed by atoms with Gasteiger partial charge in [-0.2, -0.15) is 0 Å². The molecular weight excluding hydrogens is 316 g/mol. The lowest BCUT2D eigenvalue weighted by Crippen LogP contribution is -2.49. The second kappa shape index (κ2) is 7.08. The fourth-order valence-corrected chi connectivity index (χ4v) is 2.82. The summed E-state index contributed by atoms with van der Waals surface area (Å²) in [6.07, 6.45) is 5.21. The third kappa shape index (κ3) is 3.87. The predicted octanol–water partition coefficient (Wildman–Crippen LogP) is 1.05. The molecule has 7 nitrogen and oxygen atoms in total. The van der Waals surface area contributed by atoms with E-state index in [-0.39, 0.29) is 11.9 Å². The number of hydrogen-bond donors (Lipinski definition) is 2. The summed E-state index contributed by atoms with van der Waals surface area (Å²) in [4.78, 5) is 22.9. The normalized spacial score (nSPS) is 18.8. The number of imidazole rings is 1. The third-order valence-corrected chi connectivity index (χ3v) is 4.08. The number of carbonyl (C=O) groups excluding carboxylic acids is 1. The highest BCUT2D eigenvalue weighted by Crippen LogP contribution is 2.20. The lowest BCUT2D eigenvalue weighted by Gasteiger charge is -2.35. The number of aryl methyl sites for hydroxylation is 1. The number of nitrogens with one attached hydrogen (secondary N) is 2. The molecule has 1 aliphatic heterocycles. The van der Waals surface area contributed by atoms with Crippen LogP contribution < -0.4 is 10.6 Å². The predicted molar refractivity (Wildman–Crippen MR) is 88.3 cm³/mol. The Morgan fingerprint density at radius 1 is 1.48 bits per heavy atom. The number of amides is 1. The maximum absolute atomic E-state index is 12.3. The highest BCUT2D eigenvalue weighted by molar-refractivity contribution is 6.30. The Morgan fingerprint density at radius 2 is 2.35 bits per heavy atom. The van der Waals surface area contributed by atoms with Crippen LogP contribution in [0.3, 0.4) is 0 Å². The SMILES string of the molecule is Cn1ccnc1C1CNCCN1CC(=O)Nc1ccc(Cl)cn1. The molecule has 0 aliphatic carbocycles. The van der Waals surface area contributed by atoms with Crippen LogP contribution in [0.15, 0.2) is 30.7 Å². The van der Waals surface area contributed by atoms with E-state index in [9.17, 15) is 4.79 Å². The summed E-state index contributed by atoms with van der Waals surface area (Å²) in [6, 6.07) is 3.47. The molecule has 3 rings (SSSR count). The van der Waals surface area contributed by atoms with Gasteiger partial charge in [0.15, 0.2) is 0 Å². The van der Waals surface area contributed by atoms with Crippen LogP contribution in [0.4, 0.5) is 5.82 Å². The van der Waals surface area contributed by atoms with E-state index in [0.29, 0.717) is 17.4 Å². The molecule has 0 bridgehead atoms. The van der Waals surface area contributed by atoms with Crippen LogP contribution in [0.2, 0.25) is 5.02 Å². The van der Waals surface area contributed by atoms with Crippen molar-refractivity contribution >= 4 is 23.3 Å². The van der Waals surface area contributed by atoms with Crippen molar-refractivity contribution in [2.75, 3.05) is 31.5 Å². The molecular formula is C15H19ClN6O. The quantitative estimate of drug-likeness (QED) is 0.874. The average molecular weight is 335 g/mol. The molecule has 1 amide bonds. The van der Waals surface area contributed by atoms with Crippen molar-refractivity contribution in [1.82, 2.24) is 24.8 Å². The minimum absolute atomic E-state index is 0.0766. The highest BCUT2D eigenvalue weighted by atomic mass is 35.5. The number of nitrogens with zero attached hydrogens (tertiary/aromatic N) is 4. The van der Waals surface area contributed by atoms with Gasteiger partial charge in [0, 0.05) is 45.3 Å². The molecule has 1 saturated heterocycles. The minimum atomic E-state index is -0.0964. The molecule has 2 N–H and O–H groups in total. The molecule has 23 heavy (non-hydrogen) atoms. The van der Waals surface area contributed by atoms with Crippen LogP contribution in [-0.4, -0.2) is 51.5 Å². The van der Waals surface area contributed by atoms with Crippen molar-refractivity contribution in [2.45, 2.75) is 6.04 Å². The summed E-state index contributed by atoms with van der Waals surface area (Å²) in [5.74, 6) is 1.36. The molecule has 3 heterocycles. The first-order valence-corrected chi connectivity index (χ1v) is 7.84. The number of pyridine rings is 1. The van der Waals surface area contributed by atoms with Gasteiger partial charge in [0.2, 0.25) is 5.91 Å². The number of halogens is 1. The molecule has 0 saturated carbocycles. The van der Waals surface area contributed by atoms with Crippen molar-refractivity contribution in [3.8, 4) is 0 Å². The summed E-state index contributed by atoms with van der Waals surface area (Å²) >= 11 is 5.80. The summed E-state index contributed by atoms with van der Waals surface area (Å²) in [7, 11) is 1.97. The monoisotopic (exact) mass is 334 g/mol. The Morgan fingerprint density at radius 3 is 3.04 bits per heavy atom. The van der Waals surface area contributed by atoms with Gasteiger partial charge in [-0.05, 0) is 12.1 Å². The van der Waals surface area contributed by atoms with Crippen LogP contribution >= 0.6 is 11.6 Å². The molecule has 2 aromatic heterocycles. The molecule has 1 fully saturated rings. The number of hydrogen-bond acceptors (Lipinski definition) is 5. The van der Waals surface area contributed by atoms with E-state index in [1.54, 1.807) is 18.3 Å². The van der Waals surface area contributed by atoms with Crippen molar-refractivity contribution in [3.05, 3.63) is 41.6 Å². The summed E-state index contributed by atoms with van der Waals surface area (Å²) in [5.41, 5.74) is 0. The maximum atomic E-state index is 12.3. The zero-order valence-corrected chi connectivity index (χ0v) is 13.6. The maximum Gasteiger partial charge on any atom is 0.239 e. The first-order valence-electron chi connectivity index (χ1n) is 7.47. The van der Waals surface area contributed by atoms with Gasteiger partial charge in [-0.3, -0.25) is 9.69 Å². The minimum Gasteiger partial charge on any atom is -0.337 e. The van der Waals surface area contributed by atoms with Crippen molar-refractivity contribution in [1.29, 1.82) is 0 Å². The lowest BCUT2D eigenvalue weighted by molar-refractivity contribution is -0.118. The van der Waals surface area contributed by atoms with Crippen LogP contribution in [0, 0.1) is 0 Å². The summed E-state index contributed by atoms with van der Waals surface area (Å²) in [6.45, 7) is 2.72. The van der Waals surface area contributed by atoms with Gasteiger partial charge in [0.05, 0.1) is 17.6 Å². The zero-order valence-electron chi connectivity index (χ0n) is 12.9. The Balaban J connectivity index is 1.66. The number of anilines is 1. The van der Waals surface area contributed by atoms with Gasteiger partial charge >= 0.3 is 0 Å². The standard InChI is InChI=1S/C15H19ClN6O/c1-21-6-5-18-15(21)12-9-17-4-7-22(12)10-14(23)20-13-3-2-11(16)8-19-13/h2-3,5-6,8,12,17H,4,7,9-10H2,1H3,(H,19,20,23). The molecule has 8 heteroatoms. The van der Waals surface area contributed by atoms with Gasteiger partial charge in [-0.15, -0.1) is 0 Å².